The molecule has 86 valence electrons. The summed E-state index contributed by atoms with van der Waals surface area (Å²) < 4.78 is 0. The molecule has 1 N–H and O–H groups in total. The minimum absolute atomic E-state index is 0.356. The van der Waals surface area contributed by atoms with Crippen molar-refractivity contribution < 1.29 is 9.90 Å². The molecule has 3 heteroatoms. The van der Waals surface area contributed by atoms with Gasteiger partial charge in [-0.25, -0.2) is 4.79 Å². The van der Waals surface area contributed by atoms with Crippen LogP contribution >= 0.6 is 0 Å². The van der Waals surface area contributed by atoms with Crippen molar-refractivity contribution in [1.29, 1.82) is 0 Å². The number of carboxylic acid groups (broad SMARTS) is 1. The van der Waals surface area contributed by atoms with Crippen molar-refractivity contribution in [3.63, 3.8) is 0 Å². The van der Waals surface area contributed by atoms with Gasteiger partial charge in [0.1, 0.15) is 0 Å². The molecule has 1 heterocycles. The first-order valence-electron chi connectivity index (χ1n) is 5.79. The molecule has 1 aliphatic rings. The normalized spacial score (nSPS) is 15.9. The lowest BCUT2D eigenvalue weighted by Gasteiger charge is -2.41. The summed E-state index contributed by atoms with van der Waals surface area (Å²) in [6.07, 6.45) is 2.54. The van der Waals surface area contributed by atoms with Crippen LogP contribution in [0.15, 0.2) is 24.3 Å². The van der Waals surface area contributed by atoms with E-state index >= 15 is 0 Å². The van der Waals surface area contributed by atoms with Gasteiger partial charge in [-0.2, -0.15) is 0 Å². The third kappa shape index (κ3) is 2.18. The average Bonchev–Trinajstić information content (AvgIpc) is 2.23. The number of nitrogens with zero attached hydrogens (tertiary/aromatic N) is 1. The smallest absolute Gasteiger partial charge is 0.335 e. The largest absolute Gasteiger partial charge is 0.478 e. The second-order valence-corrected chi connectivity index (χ2v) is 4.41. The number of hydrogen-bond acceptors (Lipinski definition) is 2. The summed E-state index contributed by atoms with van der Waals surface area (Å²) in [4.78, 5) is 13.0. The van der Waals surface area contributed by atoms with Gasteiger partial charge in [-0.05, 0) is 36.6 Å². The van der Waals surface area contributed by atoms with E-state index in [0.717, 1.165) is 24.7 Å². The van der Waals surface area contributed by atoms with Gasteiger partial charge in [-0.15, -0.1) is 0 Å². The van der Waals surface area contributed by atoms with Crippen molar-refractivity contribution in [3.8, 4) is 0 Å². The molecule has 1 aromatic rings. The van der Waals surface area contributed by atoms with E-state index in [1.807, 2.05) is 12.1 Å². The molecule has 0 bridgehead atoms. The predicted molar refractivity (Wildman–Crippen MR) is 64.0 cm³/mol. The molecular formula is C13H17NO2. The van der Waals surface area contributed by atoms with Gasteiger partial charge in [0.25, 0.3) is 0 Å². The molecule has 0 unspecified atom stereocenters. The van der Waals surface area contributed by atoms with Gasteiger partial charge in [0.05, 0.1) is 5.56 Å². The highest BCUT2D eigenvalue weighted by Crippen LogP contribution is 2.27. The Morgan fingerprint density at radius 3 is 2.50 bits per heavy atom. The Morgan fingerprint density at radius 2 is 2.00 bits per heavy atom. The highest BCUT2D eigenvalue weighted by Gasteiger charge is 2.25. The molecule has 0 radical (unpaired) electrons. The summed E-state index contributed by atoms with van der Waals surface area (Å²) in [5.41, 5.74) is 1.49. The Hall–Kier alpha value is -1.51. The van der Waals surface area contributed by atoms with Gasteiger partial charge < -0.3 is 10.0 Å². The van der Waals surface area contributed by atoms with E-state index in [4.69, 9.17) is 5.11 Å². The van der Waals surface area contributed by atoms with E-state index in [2.05, 4.69) is 11.8 Å². The van der Waals surface area contributed by atoms with E-state index in [1.54, 1.807) is 12.1 Å². The van der Waals surface area contributed by atoms with Crippen LogP contribution in [0.25, 0.3) is 0 Å². The number of anilines is 1. The second-order valence-electron chi connectivity index (χ2n) is 4.41. The molecule has 0 aliphatic carbocycles. The van der Waals surface area contributed by atoms with Crippen LogP contribution in [0.1, 0.15) is 30.1 Å². The summed E-state index contributed by atoms with van der Waals surface area (Å²) in [7, 11) is 0. The first-order valence-corrected chi connectivity index (χ1v) is 5.79. The van der Waals surface area contributed by atoms with Crippen molar-refractivity contribution >= 4 is 11.7 Å². The van der Waals surface area contributed by atoms with Crippen LogP contribution in [-0.4, -0.2) is 24.2 Å². The third-order valence-electron chi connectivity index (χ3n) is 3.13. The molecule has 1 aromatic carbocycles. The van der Waals surface area contributed by atoms with Gasteiger partial charge in [0.2, 0.25) is 0 Å². The molecule has 1 fully saturated rings. The fourth-order valence-corrected chi connectivity index (χ4v) is 2.19. The van der Waals surface area contributed by atoms with E-state index in [9.17, 15) is 4.79 Å². The topological polar surface area (TPSA) is 40.5 Å². The maximum atomic E-state index is 10.7. The molecular weight excluding hydrogens is 202 g/mol. The minimum Gasteiger partial charge on any atom is -0.478 e. The maximum absolute atomic E-state index is 10.7. The van der Waals surface area contributed by atoms with Gasteiger partial charge in [-0.1, -0.05) is 13.3 Å². The third-order valence-corrected chi connectivity index (χ3v) is 3.13. The molecule has 16 heavy (non-hydrogen) atoms. The summed E-state index contributed by atoms with van der Waals surface area (Å²) in [6.45, 7) is 4.44. The molecule has 0 spiro atoms. The first kappa shape index (κ1) is 11.0. The number of hydrogen-bond donors (Lipinski definition) is 1. The zero-order valence-electron chi connectivity index (χ0n) is 9.52. The number of carboxylic acids is 1. The summed E-state index contributed by atoms with van der Waals surface area (Å²) in [5.74, 6) is -0.0387. The zero-order chi connectivity index (χ0) is 11.5. The van der Waals surface area contributed by atoms with Crippen LogP contribution in [0.2, 0.25) is 0 Å². The van der Waals surface area contributed by atoms with Gasteiger partial charge in [0, 0.05) is 18.8 Å². The lowest BCUT2D eigenvalue weighted by molar-refractivity contribution is 0.0697. The molecule has 3 nitrogen and oxygen atoms in total. The summed E-state index contributed by atoms with van der Waals surface area (Å²) in [5, 5.41) is 8.78. The quantitative estimate of drug-likeness (QED) is 0.846. The zero-order valence-corrected chi connectivity index (χ0v) is 9.52. The fourth-order valence-electron chi connectivity index (χ4n) is 2.19. The van der Waals surface area contributed by atoms with Crippen LogP contribution < -0.4 is 4.90 Å². The van der Waals surface area contributed by atoms with Crippen LogP contribution in [0, 0.1) is 5.92 Å². The van der Waals surface area contributed by atoms with Crippen LogP contribution in [0.4, 0.5) is 5.69 Å². The Labute approximate surface area is 95.7 Å². The molecule has 1 saturated heterocycles. The Bertz CT molecular complexity index is 366. The summed E-state index contributed by atoms with van der Waals surface area (Å²) in [6, 6.07) is 7.13. The molecule has 0 amide bonds. The molecule has 0 atom stereocenters. The number of carbonyl (C=O) groups is 1. The molecule has 2 rings (SSSR count). The van der Waals surface area contributed by atoms with E-state index in [0.29, 0.717) is 5.56 Å². The molecule has 0 saturated carbocycles. The fraction of sp³-hybridized carbons (Fsp3) is 0.462. The maximum Gasteiger partial charge on any atom is 0.335 e. The van der Waals surface area contributed by atoms with Crippen LogP contribution in [-0.2, 0) is 0 Å². The van der Waals surface area contributed by atoms with Gasteiger partial charge in [0.15, 0.2) is 0 Å². The van der Waals surface area contributed by atoms with Crippen LogP contribution in [0.5, 0.6) is 0 Å². The van der Waals surface area contributed by atoms with E-state index < -0.39 is 5.97 Å². The van der Waals surface area contributed by atoms with Crippen molar-refractivity contribution in [2.45, 2.75) is 19.8 Å². The highest BCUT2D eigenvalue weighted by atomic mass is 16.4. The Kier molecular flexibility index (Phi) is 3.13. The molecule has 1 aliphatic heterocycles. The van der Waals surface area contributed by atoms with Crippen molar-refractivity contribution in [2.24, 2.45) is 5.92 Å². The van der Waals surface area contributed by atoms with Crippen LogP contribution in [0.3, 0.4) is 0 Å². The lowest BCUT2D eigenvalue weighted by atomic mass is 9.94. The molecule has 0 aromatic heterocycles. The summed E-state index contributed by atoms with van der Waals surface area (Å²) >= 11 is 0. The number of rotatable bonds is 4. The average molecular weight is 219 g/mol. The van der Waals surface area contributed by atoms with E-state index in [1.165, 1.54) is 12.8 Å². The van der Waals surface area contributed by atoms with Gasteiger partial charge in [-0.3, -0.25) is 0 Å². The Morgan fingerprint density at radius 1 is 1.38 bits per heavy atom. The van der Waals surface area contributed by atoms with Gasteiger partial charge >= 0.3 is 5.97 Å². The highest BCUT2D eigenvalue weighted by molar-refractivity contribution is 5.88. The lowest BCUT2D eigenvalue weighted by Crippen LogP contribution is -2.46. The predicted octanol–water partition coefficient (Wildman–Crippen LogP) is 2.62. The first-order chi connectivity index (χ1) is 7.70. The minimum atomic E-state index is -0.862. The van der Waals surface area contributed by atoms with Crippen molar-refractivity contribution in [2.75, 3.05) is 18.0 Å². The second kappa shape index (κ2) is 4.56. The van der Waals surface area contributed by atoms with E-state index in [-0.39, 0.29) is 0 Å². The standard InChI is InChI=1S/C13H17NO2/c1-2-3-10-8-14(9-10)12-6-4-11(5-7-12)13(15)16/h4-7,10H,2-3,8-9H2,1H3,(H,15,16). The number of aromatic carboxylic acids is 1. The number of benzene rings is 1. The Balaban J connectivity index is 1.94. The SMILES string of the molecule is CCCC1CN(c2ccc(C(=O)O)cc2)C1. The van der Waals surface area contributed by atoms with Crippen molar-refractivity contribution in [3.05, 3.63) is 29.8 Å². The monoisotopic (exact) mass is 219 g/mol. The van der Waals surface area contributed by atoms with Crippen molar-refractivity contribution in [1.82, 2.24) is 0 Å².